The van der Waals surface area contributed by atoms with E-state index in [1.165, 1.54) is 91.6 Å². The van der Waals surface area contributed by atoms with Crippen LogP contribution in [0.15, 0.2) is 139 Å². The van der Waals surface area contributed by atoms with Gasteiger partial charge in [-0.2, -0.15) is 0 Å². The average Bonchev–Trinajstić information content (AvgIpc) is 3.96. The van der Waals surface area contributed by atoms with E-state index in [0.29, 0.717) is 0 Å². The van der Waals surface area contributed by atoms with E-state index in [0.717, 1.165) is 38.5 Å². The maximum atomic E-state index is 9.49. The molecule has 6 aromatic rings. The quantitative estimate of drug-likeness (QED) is 0.113. The normalized spacial score (nSPS) is 17.8. The molecule has 1 heterocycles. The molecule has 0 radical (unpaired) electrons. The van der Waals surface area contributed by atoms with Gasteiger partial charge in [-0.05, 0) is 0 Å². The van der Waals surface area contributed by atoms with Crippen LogP contribution in [0.3, 0.4) is 0 Å². The van der Waals surface area contributed by atoms with E-state index in [1.807, 2.05) is 0 Å². The summed E-state index contributed by atoms with van der Waals surface area (Å²) in [4.78, 5) is 0. The Balaban J connectivity index is 1.37. The standard InChI is InChI=1S/2C23H27.C12H9Si.2ClH.Hf/c2*1-5-6-10-17-15-18-11-9-13-19(21(18)16-17)20-12-7-8-14-22(20)23(2,3)4;1-3-7-11-9(5-1)10-6-2-4-8-12(10)13-11;;;/h2*7-9,11-16H,5-6,10H2,1-4H3;1-7H,13H2;2*1H;/q;;;;;+2/p-2. The van der Waals surface area contributed by atoms with Crippen LogP contribution in [-0.4, -0.2) is 9.52 Å². The van der Waals surface area contributed by atoms with E-state index in [-0.39, 0.29) is 18.2 Å². The maximum absolute atomic E-state index is 9.49. The molecule has 2 aliphatic carbocycles. The first-order valence-corrected chi connectivity index (χ1v) is 39.6. The number of unbranched alkanes of at least 4 members (excludes halogenated alkanes) is 2. The Morgan fingerprint density at radius 2 is 0.903 bits per heavy atom. The van der Waals surface area contributed by atoms with Gasteiger partial charge in [-0.15, -0.1) is 0 Å². The van der Waals surface area contributed by atoms with Crippen LogP contribution in [0.5, 0.6) is 0 Å². The van der Waals surface area contributed by atoms with E-state index in [9.17, 15) is 17.2 Å². The van der Waals surface area contributed by atoms with E-state index >= 15 is 0 Å². The summed E-state index contributed by atoms with van der Waals surface area (Å²) in [5.41, 5.74) is 18.9. The monoisotopic (exact) mass is 1040 g/mol. The molecule has 6 aromatic carbocycles. The van der Waals surface area contributed by atoms with Crippen LogP contribution in [0.1, 0.15) is 135 Å². The van der Waals surface area contributed by atoms with Crippen molar-refractivity contribution in [3.8, 4) is 33.4 Å². The number of fused-ring (bicyclic) bond motifs is 5. The molecule has 0 spiro atoms. The Morgan fingerprint density at radius 3 is 1.39 bits per heavy atom. The Kier molecular flexibility index (Phi) is 11.6. The number of halogens is 2. The molecule has 2 atom stereocenters. The molecule has 62 heavy (non-hydrogen) atoms. The van der Waals surface area contributed by atoms with Crippen LogP contribution in [-0.2, 0) is 27.0 Å². The SMILES string of the molecule is CCCCC1=Cc2c(-c3ccccc3C(C)(C)C)cccc2[CH]1[Hf]([Cl])([Cl])([c]1cccc2c1[SiH2]c1ccccc1-2)[CH]1C(CCCC)=Cc2c(-c3ccccc3C(C)(C)C)cccc21. The van der Waals surface area contributed by atoms with Gasteiger partial charge in [-0.25, -0.2) is 0 Å². The second kappa shape index (κ2) is 16.5. The molecular formula is C58H63Cl2HfSi. The van der Waals surface area contributed by atoms with Crippen molar-refractivity contribution < 1.29 is 16.1 Å². The van der Waals surface area contributed by atoms with Crippen molar-refractivity contribution in [3.63, 3.8) is 0 Å². The summed E-state index contributed by atoms with van der Waals surface area (Å²) in [6.45, 7) is 18.7. The summed E-state index contributed by atoms with van der Waals surface area (Å²) < 4.78 is 1.18. The Bertz CT molecular complexity index is 2630. The van der Waals surface area contributed by atoms with Gasteiger partial charge in [0, 0.05) is 0 Å². The molecule has 1 aliphatic heterocycles. The molecular weight excluding hydrogens is 974 g/mol. The first-order chi connectivity index (χ1) is 29.7. The molecule has 4 heteroatoms. The topological polar surface area (TPSA) is 0 Å². The zero-order valence-corrected chi connectivity index (χ0v) is 44.7. The van der Waals surface area contributed by atoms with Crippen molar-refractivity contribution in [2.45, 2.75) is 112 Å². The van der Waals surface area contributed by atoms with Crippen LogP contribution in [0.2, 0.25) is 0 Å². The molecule has 0 nitrogen and oxygen atoms in total. The minimum atomic E-state index is -5.86. The fraction of sp³-hybridized carbons (Fsp3) is 0.310. The van der Waals surface area contributed by atoms with Gasteiger partial charge in [0.05, 0.1) is 0 Å². The van der Waals surface area contributed by atoms with E-state index in [2.05, 4.69) is 195 Å². The van der Waals surface area contributed by atoms with Gasteiger partial charge in [-0.1, -0.05) is 0 Å². The molecule has 0 fully saturated rings. The molecule has 3 aliphatic rings. The number of allylic oxidation sites excluding steroid dienone is 2. The summed E-state index contributed by atoms with van der Waals surface area (Å²) >= 11 is -5.86. The van der Waals surface area contributed by atoms with Crippen molar-refractivity contribution in [3.05, 3.63) is 172 Å². The Morgan fingerprint density at radius 1 is 0.484 bits per heavy atom. The van der Waals surface area contributed by atoms with E-state index < -0.39 is 25.7 Å². The molecule has 2 unspecified atom stereocenters. The second-order valence-corrected chi connectivity index (χ2v) is 51.6. The molecule has 0 saturated carbocycles. The van der Waals surface area contributed by atoms with Gasteiger partial charge in [-0.3, -0.25) is 0 Å². The second-order valence-electron chi connectivity index (χ2n) is 20.5. The summed E-state index contributed by atoms with van der Waals surface area (Å²) in [5, 5.41) is 3.00. The fourth-order valence-corrected chi connectivity index (χ4v) is 50.8. The van der Waals surface area contributed by atoms with Gasteiger partial charge in [0.2, 0.25) is 0 Å². The molecule has 317 valence electrons. The fourth-order valence-electron chi connectivity index (χ4n) is 11.7. The van der Waals surface area contributed by atoms with Crippen molar-refractivity contribution in [2.75, 3.05) is 0 Å². The first kappa shape index (κ1) is 43.7. The van der Waals surface area contributed by atoms with Gasteiger partial charge in [0.25, 0.3) is 0 Å². The van der Waals surface area contributed by atoms with Crippen molar-refractivity contribution >= 4 is 52.5 Å². The third-order valence-electron chi connectivity index (χ3n) is 14.4. The third-order valence-corrected chi connectivity index (χ3v) is 46.2. The van der Waals surface area contributed by atoms with Crippen molar-refractivity contribution in [1.29, 1.82) is 0 Å². The number of benzene rings is 6. The summed E-state index contributed by atoms with van der Waals surface area (Å²) in [7, 11) is 18.1. The summed E-state index contributed by atoms with van der Waals surface area (Å²) in [5.74, 6) is 0. The van der Waals surface area contributed by atoms with Crippen LogP contribution in [0, 0.1) is 0 Å². The van der Waals surface area contributed by atoms with Crippen molar-refractivity contribution in [1.82, 2.24) is 0 Å². The van der Waals surface area contributed by atoms with Crippen LogP contribution < -0.4 is 13.7 Å². The minimum absolute atomic E-state index is 0.0179. The molecule has 0 bridgehead atoms. The number of hydrogen-bond donors (Lipinski definition) is 0. The average molecular weight is 1040 g/mol. The molecule has 0 N–H and O–H groups in total. The third kappa shape index (κ3) is 7.19. The predicted molar refractivity (Wildman–Crippen MR) is 273 cm³/mol. The van der Waals surface area contributed by atoms with Crippen LogP contribution in [0.4, 0.5) is 0 Å². The molecule has 0 amide bonds. The van der Waals surface area contributed by atoms with E-state index in [4.69, 9.17) is 0 Å². The van der Waals surface area contributed by atoms with Gasteiger partial charge in [0.1, 0.15) is 0 Å². The molecule has 0 aromatic heterocycles. The van der Waals surface area contributed by atoms with E-state index in [1.54, 1.807) is 0 Å². The van der Waals surface area contributed by atoms with Crippen LogP contribution >= 0.6 is 17.2 Å². The van der Waals surface area contributed by atoms with Gasteiger partial charge >= 0.3 is 386 Å². The molecule has 9 rings (SSSR count). The zero-order valence-electron chi connectivity index (χ0n) is 38.1. The molecule has 0 saturated heterocycles. The van der Waals surface area contributed by atoms with Crippen molar-refractivity contribution in [2.24, 2.45) is 0 Å². The Hall–Kier alpha value is -3.53. The Labute approximate surface area is 383 Å². The number of hydrogen-bond acceptors (Lipinski definition) is 0. The summed E-state index contributed by atoms with van der Waals surface area (Å²) in [6, 6.07) is 48.5. The summed E-state index contributed by atoms with van der Waals surface area (Å²) in [6.07, 6.45) is 11.6. The predicted octanol–water partition coefficient (Wildman–Crippen LogP) is 15.0. The number of rotatable bonds is 11. The van der Waals surface area contributed by atoms with Gasteiger partial charge in [0.15, 0.2) is 0 Å². The zero-order chi connectivity index (χ0) is 43.6. The van der Waals surface area contributed by atoms with Crippen LogP contribution in [0.25, 0.3) is 45.5 Å². The van der Waals surface area contributed by atoms with Gasteiger partial charge < -0.3 is 0 Å². The first-order valence-electron chi connectivity index (χ1n) is 23.3.